The monoisotopic (exact) mass is 395 g/mol. The van der Waals surface area contributed by atoms with Gasteiger partial charge in [-0.1, -0.05) is 6.07 Å². The predicted molar refractivity (Wildman–Crippen MR) is 98.7 cm³/mol. The van der Waals surface area contributed by atoms with Gasteiger partial charge >= 0.3 is 0 Å². The van der Waals surface area contributed by atoms with Crippen LogP contribution in [0.15, 0.2) is 39.9 Å². The van der Waals surface area contributed by atoms with E-state index in [1.807, 2.05) is 5.38 Å². The summed E-state index contributed by atoms with van der Waals surface area (Å²) in [5, 5.41) is 4.13. The Kier molecular flexibility index (Phi) is 4.59. The summed E-state index contributed by atoms with van der Waals surface area (Å²) in [4.78, 5) is 0.186. The van der Waals surface area contributed by atoms with E-state index >= 15 is 0 Å². The van der Waals surface area contributed by atoms with E-state index < -0.39 is 10.0 Å². The molecule has 0 atom stereocenters. The van der Waals surface area contributed by atoms with Gasteiger partial charge in [-0.25, -0.2) is 13.1 Å². The second-order valence-electron chi connectivity index (χ2n) is 6.12. The third-order valence-electron chi connectivity index (χ3n) is 4.72. The lowest BCUT2D eigenvalue weighted by atomic mass is 9.75. The maximum atomic E-state index is 12.9. The quantitative estimate of drug-likeness (QED) is 0.718. The SMILES string of the molecule is O=S(=O)(NCC1(c2ccsc2)CCOCC1)c1cccc2nsnc12. The van der Waals surface area contributed by atoms with Crippen LogP contribution in [0.25, 0.3) is 11.0 Å². The lowest BCUT2D eigenvalue weighted by molar-refractivity contribution is 0.0518. The van der Waals surface area contributed by atoms with E-state index in [1.165, 1.54) is 5.56 Å². The number of nitrogens with one attached hydrogen (secondary N) is 1. The fourth-order valence-corrected chi connectivity index (χ4v) is 5.88. The Hall–Kier alpha value is -1.39. The first-order valence-electron chi connectivity index (χ1n) is 7.92. The van der Waals surface area contributed by atoms with Crippen LogP contribution in [-0.2, 0) is 20.2 Å². The molecular formula is C16H17N3O3S3. The normalized spacial score (nSPS) is 17.8. The second kappa shape index (κ2) is 6.73. The maximum Gasteiger partial charge on any atom is 0.242 e. The third-order valence-corrected chi connectivity index (χ3v) is 7.38. The molecule has 0 radical (unpaired) electrons. The number of fused-ring (bicyclic) bond motifs is 1. The smallest absolute Gasteiger partial charge is 0.242 e. The van der Waals surface area contributed by atoms with Crippen LogP contribution in [0.1, 0.15) is 18.4 Å². The van der Waals surface area contributed by atoms with E-state index in [9.17, 15) is 8.42 Å². The molecule has 0 bridgehead atoms. The molecule has 0 amide bonds. The van der Waals surface area contributed by atoms with Gasteiger partial charge in [-0.05, 0) is 47.4 Å². The molecule has 0 aliphatic carbocycles. The zero-order valence-electron chi connectivity index (χ0n) is 13.3. The van der Waals surface area contributed by atoms with Crippen LogP contribution >= 0.6 is 23.1 Å². The highest BCUT2D eigenvalue weighted by Crippen LogP contribution is 2.36. The highest BCUT2D eigenvalue weighted by Gasteiger charge is 2.36. The van der Waals surface area contributed by atoms with Crippen molar-refractivity contribution in [2.45, 2.75) is 23.2 Å². The van der Waals surface area contributed by atoms with Crippen LogP contribution in [0, 0.1) is 0 Å². The van der Waals surface area contributed by atoms with Gasteiger partial charge in [0, 0.05) is 25.2 Å². The molecule has 1 N–H and O–H groups in total. The Morgan fingerprint density at radius 3 is 2.80 bits per heavy atom. The van der Waals surface area contributed by atoms with Crippen LogP contribution < -0.4 is 4.72 Å². The summed E-state index contributed by atoms with van der Waals surface area (Å²) in [6.45, 7) is 1.63. The first-order chi connectivity index (χ1) is 12.1. The number of aromatic nitrogens is 2. The molecule has 1 aliphatic rings. The zero-order chi connectivity index (χ0) is 17.3. The summed E-state index contributed by atoms with van der Waals surface area (Å²) in [6.07, 6.45) is 1.60. The van der Waals surface area contributed by atoms with Gasteiger partial charge in [-0.15, -0.1) is 0 Å². The van der Waals surface area contributed by atoms with E-state index in [4.69, 9.17) is 4.74 Å². The number of ether oxygens (including phenoxy) is 1. The Morgan fingerprint density at radius 2 is 2.04 bits per heavy atom. The fraction of sp³-hybridized carbons (Fsp3) is 0.375. The van der Waals surface area contributed by atoms with Gasteiger partial charge in [0.15, 0.2) is 0 Å². The van der Waals surface area contributed by atoms with Gasteiger partial charge in [0.2, 0.25) is 10.0 Å². The van der Waals surface area contributed by atoms with Crippen molar-refractivity contribution in [3.8, 4) is 0 Å². The first-order valence-corrected chi connectivity index (χ1v) is 11.1. The van der Waals surface area contributed by atoms with Gasteiger partial charge in [0.25, 0.3) is 0 Å². The summed E-state index contributed by atoms with van der Waals surface area (Å²) in [6, 6.07) is 7.12. The van der Waals surface area contributed by atoms with Gasteiger partial charge in [-0.3, -0.25) is 0 Å². The molecule has 2 aromatic heterocycles. The first kappa shape index (κ1) is 17.0. The highest BCUT2D eigenvalue weighted by molar-refractivity contribution is 7.89. The summed E-state index contributed by atoms with van der Waals surface area (Å²) >= 11 is 2.65. The summed E-state index contributed by atoms with van der Waals surface area (Å²) < 4.78 is 42.4. The molecule has 1 aliphatic heterocycles. The summed E-state index contributed by atoms with van der Waals surface area (Å²) in [5.74, 6) is 0. The molecule has 9 heteroatoms. The van der Waals surface area contributed by atoms with Crippen molar-refractivity contribution in [3.05, 3.63) is 40.6 Å². The largest absolute Gasteiger partial charge is 0.381 e. The van der Waals surface area contributed by atoms with Gasteiger partial charge < -0.3 is 4.74 Å². The Balaban J connectivity index is 1.63. The van der Waals surface area contributed by atoms with Crippen molar-refractivity contribution in [1.29, 1.82) is 0 Å². The van der Waals surface area contributed by atoms with Crippen LogP contribution in [0.5, 0.6) is 0 Å². The lowest BCUT2D eigenvalue weighted by Gasteiger charge is -2.37. The van der Waals surface area contributed by atoms with Crippen molar-refractivity contribution in [1.82, 2.24) is 13.5 Å². The molecule has 3 aromatic rings. The summed E-state index contributed by atoms with van der Waals surface area (Å²) in [5.41, 5.74) is 1.99. The van der Waals surface area contributed by atoms with E-state index in [0.29, 0.717) is 30.8 Å². The maximum absolute atomic E-state index is 12.9. The van der Waals surface area contributed by atoms with Gasteiger partial charge in [0.05, 0.1) is 11.7 Å². The molecule has 132 valence electrons. The van der Waals surface area contributed by atoms with Crippen molar-refractivity contribution in [2.24, 2.45) is 0 Å². The zero-order valence-corrected chi connectivity index (χ0v) is 15.8. The molecule has 1 fully saturated rings. The number of rotatable bonds is 5. The number of hydrogen-bond acceptors (Lipinski definition) is 7. The number of benzene rings is 1. The van der Waals surface area contributed by atoms with Gasteiger partial charge in [0.1, 0.15) is 15.9 Å². The van der Waals surface area contributed by atoms with Crippen molar-refractivity contribution in [2.75, 3.05) is 19.8 Å². The molecule has 1 aromatic carbocycles. The van der Waals surface area contributed by atoms with Crippen molar-refractivity contribution >= 4 is 44.1 Å². The standard InChI is InChI=1S/C16H17N3O3S3/c20-25(21,14-3-1-2-13-15(14)19-24-18-13)17-11-16(5-7-22-8-6-16)12-4-9-23-10-12/h1-4,9-10,17H,5-8,11H2. The molecule has 1 saturated heterocycles. The molecule has 0 saturated carbocycles. The molecule has 0 spiro atoms. The van der Waals surface area contributed by atoms with Crippen molar-refractivity contribution < 1.29 is 13.2 Å². The number of nitrogens with zero attached hydrogens (tertiary/aromatic N) is 2. The van der Waals surface area contributed by atoms with E-state index in [1.54, 1.807) is 29.5 Å². The van der Waals surface area contributed by atoms with E-state index in [-0.39, 0.29) is 10.3 Å². The average Bonchev–Trinajstić information content (AvgIpc) is 3.32. The van der Waals surface area contributed by atoms with Crippen LogP contribution in [-0.4, -0.2) is 36.9 Å². The van der Waals surface area contributed by atoms with Crippen LogP contribution in [0.3, 0.4) is 0 Å². The molecule has 4 rings (SSSR count). The predicted octanol–water partition coefficient (Wildman–Crippen LogP) is 2.78. The average molecular weight is 396 g/mol. The van der Waals surface area contributed by atoms with Crippen LogP contribution in [0.2, 0.25) is 0 Å². The molecular weight excluding hydrogens is 378 g/mol. The lowest BCUT2D eigenvalue weighted by Crippen LogP contribution is -2.44. The number of thiophene rings is 1. The number of sulfonamides is 1. The van der Waals surface area contributed by atoms with E-state index in [0.717, 1.165) is 24.6 Å². The summed E-state index contributed by atoms with van der Waals surface area (Å²) in [7, 11) is -3.67. The fourth-order valence-electron chi connectivity index (χ4n) is 3.21. The molecule has 6 nitrogen and oxygen atoms in total. The van der Waals surface area contributed by atoms with Crippen LogP contribution in [0.4, 0.5) is 0 Å². The highest BCUT2D eigenvalue weighted by atomic mass is 32.2. The molecule has 25 heavy (non-hydrogen) atoms. The van der Waals surface area contributed by atoms with E-state index in [2.05, 4.69) is 24.9 Å². The third kappa shape index (κ3) is 3.22. The minimum absolute atomic E-state index is 0.186. The molecule has 3 heterocycles. The minimum atomic E-state index is -3.67. The Morgan fingerprint density at radius 1 is 1.20 bits per heavy atom. The Labute approximate surface area is 154 Å². The van der Waals surface area contributed by atoms with Gasteiger partial charge in [-0.2, -0.15) is 20.1 Å². The molecule has 0 unspecified atom stereocenters. The minimum Gasteiger partial charge on any atom is -0.381 e. The van der Waals surface area contributed by atoms with Crippen molar-refractivity contribution in [3.63, 3.8) is 0 Å². The second-order valence-corrected chi connectivity index (χ2v) is 9.16. The number of hydrogen-bond donors (Lipinski definition) is 1. The Bertz CT molecular complexity index is 961. The topological polar surface area (TPSA) is 81.2 Å².